The van der Waals surface area contributed by atoms with E-state index in [0.717, 1.165) is 35.2 Å². The standard InChI is InChI=1S/C36H45NO8/c1-6-33(43-23-27(40-5)22-41-7-2)32(38)14-10-11-19-42-26-16-18-30-35(21-26)44-34-20-25(39-4)15-17-29(34)36(30)28-12-8-9-13-31(28)37-24(3)45-36/h8-9,12-13,15-18,20-21,27,32-33,38H,6-7,10-11,14,19,22-23H2,1-5H3. The van der Waals surface area contributed by atoms with E-state index >= 15 is 0 Å². The number of hydrogen-bond donors (Lipinski definition) is 1. The largest absolute Gasteiger partial charge is 0.497 e. The van der Waals surface area contributed by atoms with Gasteiger partial charge in [-0.3, -0.25) is 0 Å². The highest BCUT2D eigenvalue weighted by molar-refractivity contribution is 5.84. The molecule has 242 valence electrons. The van der Waals surface area contributed by atoms with E-state index < -0.39 is 11.7 Å². The Morgan fingerprint density at radius 3 is 2.33 bits per heavy atom. The molecular formula is C36H45NO8. The number of aliphatic imine (C=N–C) groups is 1. The highest BCUT2D eigenvalue weighted by atomic mass is 16.6. The molecule has 45 heavy (non-hydrogen) atoms. The highest BCUT2D eigenvalue weighted by Crippen LogP contribution is 2.56. The number of methoxy groups -OCH3 is 2. The van der Waals surface area contributed by atoms with Gasteiger partial charge < -0.3 is 38.3 Å². The van der Waals surface area contributed by atoms with Crippen LogP contribution >= 0.6 is 0 Å². The van der Waals surface area contributed by atoms with Crippen LogP contribution in [0.1, 0.15) is 63.1 Å². The van der Waals surface area contributed by atoms with Crippen LogP contribution in [-0.4, -0.2) is 70.0 Å². The van der Waals surface area contributed by atoms with Crippen LogP contribution in [0.3, 0.4) is 0 Å². The number of ether oxygens (including phenoxy) is 7. The molecule has 0 fully saturated rings. The van der Waals surface area contributed by atoms with Gasteiger partial charge in [-0.2, -0.15) is 0 Å². The molecule has 0 aromatic heterocycles. The van der Waals surface area contributed by atoms with E-state index in [2.05, 4.69) is 11.1 Å². The van der Waals surface area contributed by atoms with E-state index in [1.54, 1.807) is 14.2 Å². The second kappa shape index (κ2) is 15.1. The summed E-state index contributed by atoms with van der Waals surface area (Å²) in [7, 11) is 3.28. The van der Waals surface area contributed by atoms with Crippen LogP contribution in [0.25, 0.3) is 0 Å². The van der Waals surface area contributed by atoms with Gasteiger partial charge in [-0.15, -0.1) is 0 Å². The number of aliphatic hydroxyl groups is 1. The summed E-state index contributed by atoms with van der Waals surface area (Å²) >= 11 is 0. The van der Waals surface area contributed by atoms with Crippen LogP contribution in [-0.2, 0) is 24.5 Å². The molecule has 1 N–H and O–H groups in total. The molecule has 4 unspecified atom stereocenters. The number of nitrogens with zero attached hydrogens (tertiary/aromatic N) is 1. The Labute approximate surface area is 266 Å². The maximum atomic E-state index is 10.8. The molecule has 2 aliphatic heterocycles. The maximum Gasteiger partial charge on any atom is 0.195 e. The smallest absolute Gasteiger partial charge is 0.195 e. The van der Waals surface area contributed by atoms with Gasteiger partial charge >= 0.3 is 0 Å². The van der Waals surface area contributed by atoms with Crippen molar-refractivity contribution < 1.29 is 38.3 Å². The second-order valence-electron chi connectivity index (χ2n) is 11.3. The van der Waals surface area contributed by atoms with Crippen molar-refractivity contribution in [1.82, 2.24) is 0 Å². The van der Waals surface area contributed by atoms with Crippen LogP contribution in [0.5, 0.6) is 23.0 Å². The molecule has 0 aliphatic carbocycles. The number of aliphatic hydroxyl groups excluding tert-OH is 1. The number of rotatable bonds is 16. The first-order chi connectivity index (χ1) is 21.9. The molecule has 1 spiro atoms. The van der Waals surface area contributed by atoms with E-state index in [1.807, 2.05) is 75.4 Å². The molecule has 9 nitrogen and oxygen atoms in total. The fourth-order valence-electron chi connectivity index (χ4n) is 5.97. The van der Waals surface area contributed by atoms with Crippen LogP contribution in [0.4, 0.5) is 5.69 Å². The number of hydrogen-bond acceptors (Lipinski definition) is 9. The summed E-state index contributed by atoms with van der Waals surface area (Å²) in [6.07, 6.45) is 1.96. The Morgan fingerprint density at radius 2 is 1.62 bits per heavy atom. The molecule has 0 amide bonds. The van der Waals surface area contributed by atoms with Gasteiger partial charge in [-0.05, 0) is 62.9 Å². The summed E-state index contributed by atoms with van der Waals surface area (Å²) in [5.41, 5.74) is 2.63. The van der Waals surface area contributed by atoms with E-state index in [0.29, 0.717) is 68.2 Å². The number of fused-ring (bicyclic) bond motifs is 6. The van der Waals surface area contributed by atoms with Gasteiger partial charge in [-0.1, -0.05) is 25.1 Å². The zero-order valence-electron chi connectivity index (χ0n) is 26.9. The molecule has 0 radical (unpaired) electrons. The van der Waals surface area contributed by atoms with E-state index in [-0.39, 0.29) is 12.2 Å². The van der Waals surface area contributed by atoms with E-state index in [1.165, 1.54) is 0 Å². The summed E-state index contributed by atoms with van der Waals surface area (Å²) in [4.78, 5) is 4.68. The Hall–Kier alpha value is -3.63. The maximum absolute atomic E-state index is 10.8. The van der Waals surface area contributed by atoms with Crippen molar-refractivity contribution in [3.05, 3.63) is 77.4 Å². The van der Waals surface area contributed by atoms with Gasteiger partial charge in [-0.25, -0.2) is 4.99 Å². The fourth-order valence-corrected chi connectivity index (χ4v) is 5.97. The molecule has 0 saturated heterocycles. The molecule has 0 bridgehead atoms. The minimum atomic E-state index is -0.934. The normalized spacial score (nSPS) is 18.4. The molecule has 2 aliphatic rings. The van der Waals surface area contributed by atoms with Gasteiger partial charge in [0.1, 0.15) is 29.1 Å². The molecule has 9 heteroatoms. The molecule has 4 atom stereocenters. The molecule has 3 aromatic rings. The quantitative estimate of drug-likeness (QED) is 0.173. The lowest BCUT2D eigenvalue weighted by molar-refractivity contribution is -0.0939. The number of unbranched alkanes of at least 4 members (excludes halogenated alkanes) is 1. The summed E-state index contributed by atoms with van der Waals surface area (Å²) < 4.78 is 41.6. The van der Waals surface area contributed by atoms with Crippen molar-refractivity contribution in [1.29, 1.82) is 0 Å². The van der Waals surface area contributed by atoms with Gasteiger partial charge in [0.05, 0.1) is 44.8 Å². The number of para-hydroxylation sites is 1. The van der Waals surface area contributed by atoms with Crippen molar-refractivity contribution in [3.8, 4) is 23.0 Å². The van der Waals surface area contributed by atoms with Gasteiger partial charge in [0.2, 0.25) is 0 Å². The topological polar surface area (TPSA) is 97.2 Å². The lowest BCUT2D eigenvalue weighted by Crippen LogP contribution is -2.39. The predicted molar refractivity (Wildman–Crippen MR) is 172 cm³/mol. The van der Waals surface area contributed by atoms with Crippen LogP contribution in [0.15, 0.2) is 65.7 Å². The van der Waals surface area contributed by atoms with Crippen molar-refractivity contribution >= 4 is 11.6 Å². The zero-order chi connectivity index (χ0) is 31.8. The van der Waals surface area contributed by atoms with Crippen LogP contribution < -0.4 is 14.2 Å². The first kappa shape index (κ1) is 32.8. The van der Waals surface area contributed by atoms with Gasteiger partial charge in [0, 0.05) is 49.5 Å². The van der Waals surface area contributed by atoms with Gasteiger partial charge in [0.25, 0.3) is 0 Å². The van der Waals surface area contributed by atoms with Crippen molar-refractivity contribution in [2.45, 2.75) is 70.4 Å². The molecule has 2 heterocycles. The van der Waals surface area contributed by atoms with Crippen molar-refractivity contribution in [2.24, 2.45) is 4.99 Å². The third-order valence-electron chi connectivity index (χ3n) is 8.31. The summed E-state index contributed by atoms with van der Waals surface area (Å²) in [5, 5.41) is 10.8. The Balaban J connectivity index is 1.25. The fraction of sp³-hybridized carbons (Fsp3) is 0.472. The molecule has 5 rings (SSSR count). The second-order valence-corrected chi connectivity index (χ2v) is 11.3. The van der Waals surface area contributed by atoms with E-state index in [4.69, 9.17) is 33.2 Å². The minimum Gasteiger partial charge on any atom is -0.497 e. The third kappa shape index (κ3) is 7.12. The Morgan fingerprint density at radius 1 is 0.889 bits per heavy atom. The van der Waals surface area contributed by atoms with Crippen molar-refractivity contribution in [2.75, 3.05) is 40.6 Å². The van der Waals surface area contributed by atoms with E-state index in [9.17, 15) is 5.11 Å². The summed E-state index contributed by atoms with van der Waals surface area (Å²) in [6.45, 7) is 7.83. The predicted octanol–water partition coefficient (Wildman–Crippen LogP) is 6.93. The average Bonchev–Trinajstić information content (AvgIpc) is 3.05. The molecule has 3 aromatic carbocycles. The molecule has 0 saturated carbocycles. The Bertz CT molecular complexity index is 1460. The van der Waals surface area contributed by atoms with Crippen LogP contribution in [0.2, 0.25) is 0 Å². The van der Waals surface area contributed by atoms with Crippen LogP contribution in [0, 0.1) is 0 Å². The first-order valence-corrected chi connectivity index (χ1v) is 15.8. The van der Waals surface area contributed by atoms with Gasteiger partial charge in [0.15, 0.2) is 11.5 Å². The number of benzene rings is 3. The lowest BCUT2D eigenvalue weighted by atomic mass is 9.76. The SMILES string of the molecule is CCOCC(COC(CC)C(O)CCCCOc1ccc2c(c1)Oc1cc(OC)ccc1C21OC(C)=Nc2ccccc21)OC. The monoisotopic (exact) mass is 619 g/mol. The zero-order valence-corrected chi connectivity index (χ0v) is 26.9. The Kier molecular flexibility index (Phi) is 11.0. The highest BCUT2D eigenvalue weighted by Gasteiger charge is 2.49. The molecular weight excluding hydrogens is 574 g/mol. The third-order valence-corrected chi connectivity index (χ3v) is 8.31. The average molecular weight is 620 g/mol. The minimum absolute atomic E-state index is 0.151. The lowest BCUT2D eigenvalue weighted by Gasteiger charge is -2.42. The first-order valence-electron chi connectivity index (χ1n) is 15.8. The summed E-state index contributed by atoms with van der Waals surface area (Å²) in [5.74, 6) is 3.26. The van der Waals surface area contributed by atoms with Crippen molar-refractivity contribution in [3.63, 3.8) is 0 Å². The summed E-state index contributed by atoms with van der Waals surface area (Å²) in [6, 6.07) is 19.7.